The van der Waals surface area contributed by atoms with Crippen molar-refractivity contribution >= 4 is 34.2 Å². The number of pyridine rings is 1. The van der Waals surface area contributed by atoms with Crippen LogP contribution in [0.1, 0.15) is 16.1 Å². The Balaban J connectivity index is 1.53. The highest BCUT2D eigenvalue weighted by Crippen LogP contribution is 2.33. The summed E-state index contributed by atoms with van der Waals surface area (Å²) < 4.78 is 53.7. The number of carbonyl (C=O) groups is 2. The highest BCUT2D eigenvalue weighted by atomic mass is 19.4. The molecule has 0 saturated heterocycles. The normalized spacial score (nSPS) is 11.4. The third-order valence-electron chi connectivity index (χ3n) is 4.71. The van der Waals surface area contributed by atoms with Crippen molar-refractivity contribution in [1.82, 2.24) is 9.55 Å². The monoisotopic (exact) mass is 457 g/mol. The van der Waals surface area contributed by atoms with E-state index in [4.69, 9.17) is 5.73 Å². The van der Waals surface area contributed by atoms with Gasteiger partial charge in [0.1, 0.15) is 17.3 Å². The molecule has 2 aromatic heterocycles. The molecular weight excluding hydrogens is 442 g/mol. The summed E-state index contributed by atoms with van der Waals surface area (Å²) >= 11 is 0. The summed E-state index contributed by atoms with van der Waals surface area (Å²) in [7, 11) is 0. The maximum atomic E-state index is 13.4. The Morgan fingerprint density at radius 1 is 0.939 bits per heavy atom. The van der Waals surface area contributed by atoms with Gasteiger partial charge in [-0.2, -0.15) is 13.2 Å². The highest BCUT2D eigenvalue weighted by Gasteiger charge is 2.34. The zero-order valence-electron chi connectivity index (χ0n) is 16.7. The molecule has 33 heavy (non-hydrogen) atoms. The van der Waals surface area contributed by atoms with Crippen molar-refractivity contribution in [3.8, 4) is 5.82 Å². The second kappa shape index (κ2) is 8.26. The van der Waals surface area contributed by atoms with Gasteiger partial charge < -0.3 is 20.9 Å². The van der Waals surface area contributed by atoms with Crippen molar-refractivity contribution in [2.24, 2.45) is 5.73 Å². The molecule has 0 aliphatic carbocycles. The molecule has 7 nitrogen and oxygen atoms in total. The molecule has 0 bridgehead atoms. The Hall–Kier alpha value is -4.41. The molecule has 4 aromatic rings. The van der Waals surface area contributed by atoms with E-state index < -0.39 is 29.5 Å². The molecule has 0 aliphatic rings. The Labute approximate surface area is 183 Å². The van der Waals surface area contributed by atoms with Crippen molar-refractivity contribution in [3.05, 3.63) is 83.9 Å². The first-order valence-corrected chi connectivity index (χ1v) is 9.45. The van der Waals surface area contributed by atoms with Gasteiger partial charge in [-0.1, -0.05) is 6.07 Å². The summed E-state index contributed by atoms with van der Waals surface area (Å²) in [5, 5.41) is 5.49. The Morgan fingerprint density at radius 2 is 1.64 bits per heavy atom. The standard InChI is InChI=1S/C22H15F4N5O2/c23-16-6-4-14(11-15(16)22(24,25)26)29-21(33)28-13-5-7-18-12(10-13)8-9-31(18)19-3-1-2-17(30-19)20(27)32/h1-11H,(H2,27,32)(H2,28,29,33). The van der Waals surface area contributed by atoms with Crippen LogP contribution in [0.4, 0.5) is 33.7 Å². The van der Waals surface area contributed by atoms with Crippen LogP contribution < -0.4 is 16.4 Å². The van der Waals surface area contributed by atoms with Gasteiger partial charge in [0.05, 0.1) is 11.1 Å². The lowest BCUT2D eigenvalue weighted by Gasteiger charge is -2.12. The van der Waals surface area contributed by atoms with E-state index in [-0.39, 0.29) is 11.4 Å². The number of aromatic nitrogens is 2. The van der Waals surface area contributed by atoms with E-state index in [0.29, 0.717) is 23.6 Å². The molecule has 0 saturated carbocycles. The van der Waals surface area contributed by atoms with Gasteiger partial charge in [0.2, 0.25) is 0 Å². The molecule has 168 valence electrons. The van der Waals surface area contributed by atoms with Gasteiger partial charge >= 0.3 is 12.2 Å². The average Bonchev–Trinajstić information content (AvgIpc) is 3.17. The third-order valence-corrected chi connectivity index (χ3v) is 4.71. The average molecular weight is 457 g/mol. The Kier molecular flexibility index (Phi) is 5.46. The lowest BCUT2D eigenvalue weighted by atomic mass is 10.2. The zero-order valence-corrected chi connectivity index (χ0v) is 16.7. The molecule has 0 atom stereocenters. The minimum Gasteiger partial charge on any atom is -0.364 e. The fraction of sp³-hybridized carbons (Fsp3) is 0.0455. The second-order valence-electron chi connectivity index (χ2n) is 6.98. The number of nitrogens with zero attached hydrogens (tertiary/aromatic N) is 2. The van der Waals surface area contributed by atoms with E-state index in [2.05, 4.69) is 15.6 Å². The molecule has 4 rings (SSSR count). The van der Waals surface area contributed by atoms with Gasteiger partial charge in [-0.3, -0.25) is 4.79 Å². The maximum Gasteiger partial charge on any atom is 0.419 e. The number of benzene rings is 2. The Morgan fingerprint density at radius 3 is 2.33 bits per heavy atom. The lowest BCUT2D eigenvalue weighted by Crippen LogP contribution is -2.20. The first-order chi connectivity index (χ1) is 15.6. The lowest BCUT2D eigenvalue weighted by molar-refractivity contribution is -0.139. The molecule has 0 spiro atoms. The van der Waals surface area contributed by atoms with Crippen molar-refractivity contribution in [1.29, 1.82) is 0 Å². The van der Waals surface area contributed by atoms with E-state index in [1.807, 2.05) is 0 Å². The second-order valence-corrected chi connectivity index (χ2v) is 6.98. The first-order valence-electron chi connectivity index (χ1n) is 9.45. The predicted molar refractivity (Wildman–Crippen MR) is 114 cm³/mol. The fourth-order valence-electron chi connectivity index (χ4n) is 3.23. The summed E-state index contributed by atoms with van der Waals surface area (Å²) in [4.78, 5) is 27.8. The van der Waals surface area contributed by atoms with Gasteiger partial charge in [-0.15, -0.1) is 0 Å². The van der Waals surface area contributed by atoms with Crippen molar-refractivity contribution in [3.63, 3.8) is 0 Å². The van der Waals surface area contributed by atoms with Gasteiger partial charge in [0.25, 0.3) is 5.91 Å². The topological polar surface area (TPSA) is 102 Å². The number of rotatable bonds is 4. The number of nitrogens with one attached hydrogen (secondary N) is 2. The number of hydrogen-bond donors (Lipinski definition) is 3. The summed E-state index contributed by atoms with van der Waals surface area (Å²) in [5.74, 6) is -1.62. The van der Waals surface area contributed by atoms with Crippen LogP contribution in [0, 0.1) is 5.82 Å². The molecule has 2 heterocycles. The number of anilines is 2. The number of nitrogens with two attached hydrogens (primary N) is 1. The van der Waals surface area contributed by atoms with E-state index in [1.165, 1.54) is 6.07 Å². The molecule has 0 unspecified atom stereocenters. The van der Waals surface area contributed by atoms with Crippen LogP contribution >= 0.6 is 0 Å². The predicted octanol–water partition coefficient (Wildman–Crippen LogP) is 4.93. The third kappa shape index (κ3) is 4.61. The quantitative estimate of drug-likeness (QED) is 0.379. The fourth-order valence-corrected chi connectivity index (χ4v) is 3.23. The van der Waals surface area contributed by atoms with Gasteiger partial charge in [-0.25, -0.2) is 14.2 Å². The van der Waals surface area contributed by atoms with Crippen LogP contribution in [0.2, 0.25) is 0 Å². The number of hydrogen-bond acceptors (Lipinski definition) is 3. The first kappa shape index (κ1) is 21.8. The molecule has 4 N–H and O–H groups in total. The summed E-state index contributed by atoms with van der Waals surface area (Å²) in [6.07, 6.45) is -3.17. The van der Waals surface area contributed by atoms with Gasteiger partial charge in [0, 0.05) is 23.0 Å². The molecule has 0 aliphatic heterocycles. The largest absolute Gasteiger partial charge is 0.419 e. The van der Waals surface area contributed by atoms with Gasteiger partial charge in [0.15, 0.2) is 0 Å². The van der Waals surface area contributed by atoms with Crippen molar-refractivity contribution in [2.75, 3.05) is 10.6 Å². The molecule has 0 fully saturated rings. The van der Waals surface area contributed by atoms with E-state index in [1.54, 1.807) is 47.2 Å². The number of urea groups is 1. The van der Waals surface area contributed by atoms with Crippen molar-refractivity contribution < 1.29 is 27.2 Å². The maximum absolute atomic E-state index is 13.4. The van der Waals surface area contributed by atoms with Crippen LogP contribution in [0.3, 0.4) is 0 Å². The van der Waals surface area contributed by atoms with E-state index >= 15 is 0 Å². The van der Waals surface area contributed by atoms with E-state index in [9.17, 15) is 27.2 Å². The number of amides is 3. The van der Waals surface area contributed by atoms with E-state index in [0.717, 1.165) is 17.0 Å². The van der Waals surface area contributed by atoms with Crippen LogP contribution in [0.5, 0.6) is 0 Å². The Bertz CT molecular complexity index is 1380. The molecule has 3 amide bonds. The minimum absolute atomic E-state index is 0.110. The number of halogens is 4. The van der Waals surface area contributed by atoms with Crippen LogP contribution in [-0.4, -0.2) is 21.5 Å². The smallest absolute Gasteiger partial charge is 0.364 e. The molecule has 2 aromatic carbocycles. The number of fused-ring (bicyclic) bond motifs is 1. The molecule has 0 radical (unpaired) electrons. The SMILES string of the molecule is NC(=O)c1cccc(-n2ccc3cc(NC(=O)Nc4ccc(F)c(C(F)(F)F)c4)ccc32)n1. The van der Waals surface area contributed by atoms with Crippen molar-refractivity contribution in [2.45, 2.75) is 6.18 Å². The minimum atomic E-state index is -4.89. The summed E-state index contributed by atoms with van der Waals surface area (Å²) in [6.45, 7) is 0. The number of carbonyl (C=O) groups excluding carboxylic acids is 2. The van der Waals surface area contributed by atoms with Crippen LogP contribution in [-0.2, 0) is 6.18 Å². The van der Waals surface area contributed by atoms with Crippen LogP contribution in [0.15, 0.2) is 66.9 Å². The van der Waals surface area contributed by atoms with Crippen LogP contribution in [0.25, 0.3) is 16.7 Å². The highest BCUT2D eigenvalue weighted by molar-refractivity contribution is 6.01. The number of alkyl halides is 3. The summed E-state index contributed by atoms with van der Waals surface area (Å²) in [5.41, 5.74) is 4.79. The molecule has 11 heteroatoms. The molecular formula is C22H15F4N5O2. The summed E-state index contributed by atoms with van der Waals surface area (Å²) in [6, 6.07) is 12.9. The number of primary amides is 1. The van der Waals surface area contributed by atoms with Gasteiger partial charge in [-0.05, 0) is 54.6 Å². The zero-order chi connectivity index (χ0) is 23.8.